The summed E-state index contributed by atoms with van der Waals surface area (Å²) in [4.78, 5) is 16.8. The molecule has 136 valence electrons. The van der Waals surface area contributed by atoms with Crippen LogP contribution in [0.4, 0.5) is 15.9 Å². The number of amides is 1. The van der Waals surface area contributed by atoms with Crippen molar-refractivity contribution in [3.05, 3.63) is 83.8 Å². The molecule has 0 aliphatic carbocycles. The molecular formula is C21H18FN3O2. The molecule has 2 heterocycles. The molecule has 0 bridgehead atoms. The molecule has 0 spiro atoms. The third kappa shape index (κ3) is 3.89. The maximum atomic E-state index is 13.4. The normalized spacial score (nSPS) is 14.9. The highest BCUT2D eigenvalue weighted by Crippen LogP contribution is 2.27. The lowest BCUT2D eigenvalue weighted by atomic mass is 10.1. The summed E-state index contributed by atoms with van der Waals surface area (Å²) in [7, 11) is 0. The van der Waals surface area contributed by atoms with Crippen LogP contribution in [0.3, 0.4) is 0 Å². The van der Waals surface area contributed by atoms with Gasteiger partial charge in [0.1, 0.15) is 23.5 Å². The SMILES string of the molecule is O=C(NC[C@H]1Cc2ccccc2O1)c1cccnc1Nc1cccc(F)c1. The van der Waals surface area contributed by atoms with Crippen molar-refractivity contribution in [2.45, 2.75) is 12.5 Å². The number of fused-ring (bicyclic) bond motifs is 1. The van der Waals surface area contributed by atoms with E-state index in [1.807, 2.05) is 24.3 Å². The van der Waals surface area contributed by atoms with Crippen molar-refractivity contribution in [3.8, 4) is 5.75 Å². The van der Waals surface area contributed by atoms with Crippen molar-refractivity contribution in [2.75, 3.05) is 11.9 Å². The summed E-state index contributed by atoms with van der Waals surface area (Å²) in [5, 5.41) is 5.89. The van der Waals surface area contributed by atoms with E-state index >= 15 is 0 Å². The predicted octanol–water partition coefficient (Wildman–Crippen LogP) is 3.70. The van der Waals surface area contributed by atoms with Crippen LogP contribution in [0.5, 0.6) is 5.75 Å². The van der Waals surface area contributed by atoms with Gasteiger partial charge in [0.05, 0.1) is 12.1 Å². The van der Waals surface area contributed by atoms with E-state index in [1.54, 1.807) is 30.5 Å². The molecule has 0 radical (unpaired) electrons. The fourth-order valence-corrected chi connectivity index (χ4v) is 3.06. The van der Waals surface area contributed by atoms with Gasteiger partial charge in [-0.2, -0.15) is 0 Å². The zero-order valence-corrected chi connectivity index (χ0v) is 14.5. The largest absolute Gasteiger partial charge is 0.488 e. The lowest BCUT2D eigenvalue weighted by molar-refractivity contribution is 0.0934. The second-order valence-corrected chi connectivity index (χ2v) is 6.30. The topological polar surface area (TPSA) is 63.2 Å². The summed E-state index contributed by atoms with van der Waals surface area (Å²) in [6, 6.07) is 17.2. The Morgan fingerprint density at radius 2 is 2.04 bits per heavy atom. The minimum Gasteiger partial charge on any atom is -0.488 e. The summed E-state index contributed by atoms with van der Waals surface area (Å²) >= 11 is 0. The predicted molar refractivity (Wildman–Crippen MR) is 101 cm³/mol. The molecule has 0 saturated carbocycles. The first-order chi connectivity index (χ1) is 13.2. The number of carbonyl (C=O) groups is 1. The molecular weight excluding hydrogens is 345 g/mol. The molecule has 2 N–H and O–H groups in total. The molecule has 4 rings (SSSR count). The molecule has 27 heavy (non-hydrogen) atoms. The van der Waals surface area contributed by atoms with Crippen LogP contribution < -0.4 is 15.4 Å². The quantitative estimate of drug-likeness (QED) is 0.726. The van der Waals surface area contributed by atoms with Crippen LogP contribution in [0.15, 0.2) is 66.9 Å². The van der Waals surface area contributed by atoms with Crippen molar-refractivity contribution in [1.82, 2.24) is 10.3 Å². The number of nitrogens with one attached hydrogen (secondary N) is 2. The van der Waals surface area contributed by atoms with Crippen molar-refractivity contribution in [2.24, 2.45) is 0 Å². The monoisotopic (exact) mass is 363 g/mol. The van der Waals surface area contributed by atoms with E-state index in [9.17, 15) is 9.18 Å². The van der Waals surface area contributed by atoms with E-state index in [-0.39, 0.29) is 17.8 Å². The Morgan fingerprint density at radius 1 is 1.15 bits per heavy atom. The zero-order chi connectivity index (χ0) is 18.6. The van der Waals surface area contributed by atoms with Crippen molar-refractivity contribution in [3.63, 3.8) is 0 Å². The number of anilines is 2. The number of hydrogen-bond donors (Lipinski definition) is 2. The van der Waals surface area contributed by atoms with Gasteiger partial charge >= 0.3 is 0 Å². The molecule has 1 aliphatic heterocycles. The number of para-hydroxylation sites is 1. The maximum Gasteiger partial charge on any atom is 0.255 e. The van der Waals surface area contributed by atoms with Gasteiger partial charge in [0.15, 0.2) is 0 Å². The Bertz CT molecular complexity index is 952. The van der Waals surface area contributed by atoms with Gasteiger partial charge in [0, 0.05) is 18.3 Å². The number of benzene rings is 2. The van der Waals surface area contributed by atoms with Crippen molar-refractivity contribution >= 4 is 17.4 Å². The van der Waals surface area contributed by atoms with Gasteiger partial charge in [0.25, 0.3) is 5.91 Å². The Balaban J connectivity index is 1.42. The lowest BCUT2D eigenvalue weighted by Gasteiger charge is -2.14. The number of aromatic nitrogens is 1. The number of rotatable bonds is 5. The summed E-state index contributed by atoms with van der Waals surface area (Å²) in [5.74, 6) is 0.615. The molecule has 0 saturated heterocycles. The van der Waals surface area contributed by atoms with Crippen LogP contribution in [-0.2, 0) is 6.42 Å². The second-order valence-electron chi connectivity index (χ2n) is 6.30. The number of hydrogen-bond acceptors (Lipinski definition) is 4. The van der Waals surface area contributed by atoms with E-state index in [0.29, 0.717) is 23.6 Å². The molecule has 1 aromatic heterocycles. The first-order valence-electron chi connectivity index (χ1n) is 8.69. The van der Waals surface area contributed by atoms with Gasteiger partial charge in [-0.25, -0.2) is 9.37 Å². The molecule has 3 aromatic rings. The number of halogens is 1. The van der Waals surface area contributed by atoms with Crippen molar-refractivity contribution in [1.29, 1.82) is 0 Å². The highest BCUT2D eigenvalue weighted by molar-refractivity contribution is 5.99. The van der Waals surface area contributed by atoms with E-state index < -0.39 is 0 Å². The van der Waals surface area contributed by atoms with Gasteiger partial charge in [-0.3, -0.25) is 4.79 Å². The minimum atomic E-state index is -0.361. The summed E-state index contributed by atoms with van der Waals surface area (Å²) in [5.41, 5.74) is 2.06. The standard InChI is InChI=1S/C21H18FN3O2/c22-15-6-3-7-16(12-15)25-20-18(8-4-10-23-20)21(26)24-13-17-11-14-5-1-2-9-19(14)27-17/h1-10,12,17H,11,13H2,(H,23,25)(H,24,26)/t17-/m1/s1. The Hall–Kier alpha value is -3.41. The van der Waals surface area contributed by atoms with Crippen LogP contribution in [0.2, 0.25) is 0 Å². The van der Waals surface area contributed by atoms with Crippen LogP contribution in [0.1, 0.15) is 15.9 Å². The summed E-state index contributed by atoms with van der Waals surface area (Å²) < 4.78 is 19.2. The van der Waals surface area contributed by atoms with Gasteiger partial charge < -0.3 is 15.4 Å². The third-order valence-corrected chi connectivity index (χ3v) is 4.34. The number of carbonyl (C=O) groups excluding carboxylic acids is 1. The smallest absolute Gasteiger partial charge is 0.255 e. The molecule has 2 aromatic carbocycles. The molecule has 0 fully saturated rings. The highest BCUT2D eigenvalue weighted by atomic mass is 19.1. The highest BCUT2D eigenvalue weighted by Gasteiger charge is 2.23. The molecule has 1 amide bonds. The Morgan fingerprint density at radius 3 is 2.89 bits per heavy atom. The average Bonchev–Trinajstić information content (AvgIpc) is 3.09. The third-order valence-electron chi connectivity index (χ3n) is 4.34. The van der Waals surface area contributed by atoms with Crippen LogP contribution in [0.25, 0.3) is 0 Å². The van der Waals surface area contributed by atoms with Crippen LogP contribution in [0, 0.1) is 5.82 Å². The fraction of sp³-hybridized carbons (Fsp3) is 0.143. The first-order valence-corrected chi connectivity index (χ1v) is 8.69. The molecule has 5 nitrogen and oxygen atoms in total. The van der Waals surface area contributed by atoms with E-state index in [2.05, 4.69) is 15.6 Å². The average molecular weight is 363 g/mol. The first kappa shape index (κ1) is 17.0. The summed E-state index contributed by atoms with van der Waals surface area (Å²) in [6.07, 6.45) is 2.25. The molecule has 1 atom stereocenters. The fourth-order valence-electron chi connectivity index (χ4n) is 3.06. The Labute approximate surface area is 156 Å². The number of ether oxygens (including phenoxy) is 1. The van der Waals surface area contributed by atoms with Gasteiger partial charge in [-0.1, -0.05) is 24.3 Å². The summed E-state index contributed by atoms with van der Waals surface area (Å²) in [6.45, 7) is 0.391. The van der Waals surface area contributed by atoms with Gasteiger partial charge in [-0.05, 0) is 42.0 Å². The van der Waals surface area contributed by atoms with Gasteiger partial charge in [0.2, 0.25) is 0 Å². The van der Waals surface area contributed by atoms with Gasteiger partial charge in [-0.15, -0.1) is 0 Å². The van der Waals surface area contributed by atoms with E-state index in [1.165, 1.54) is 12.1 Å². The number of pyridine rings is 1. The maximum absolute atomic E-state index is 13.4. The second kappa shape index (κ2) is 7.45. The van der Waals surface area contributed by atoms with Crippen LogP contribution >= 0.6 is 0 Å². The molecule has 0 unspecified atom stereocenters. The zero-order valence-electron chi connectivity index (χ0n) is 14.5. The van der Waals surface area contributed by atoms with E-state index in [0.717, 1.165) is 17.7 Å². The Kier molecular flexibility index (Phi) is 4.70. The molecule has 6 heteroatoms. The molecule has 1 aliphatic rings. The van der Waals surface area contributed by atoms with Crippen molar-refractivity contribution < 1.29 is 13.9 Å². The number of nitrogens with zero attached hydrogens (tertiary/aromatic N) is 1. The van der Waals surface area contributed by atoms with E-state index in [4.69, 9.17) is 4.74 Å². The minimum absolute atomic E-state index is 0.0948. The lowest BCUT2D eigenvalue weighted by Crippen LogP contribution is -2.34. The van der Waals surface area contributed by atoms with Crippen LogP contribution in [-0.4, -0.2) is 23.5 Å².